The van der Waals surface area contributed by atoms with E-state index in [4.69, 9.17) is 9.47 Å². The molecule has 28 heavy (non-hydrogen) atoms. The number of hydrogen-bond donors (Lipinski definition) is 2. The minimum absolute atomic E-state index is 0.207. The molecule has 0 radical (unpaired) electrons. The first-order chi connectivity index (χ1) is 13.6. The maximum atomic E-state index is 12.4. The summed E-state index contributed by atoms with van der Waals surface area (Å²) in [7, 11) is 1.76. The third kappa shape index (κ3) is 3.73. The van der Waals surface area contributed by atoms with Crippen LogP contribution in [0.2, 0.25) is 0 Å². The highest BCUT2D eigenvalue weighted by Gasteiger charge is 2.16. The summed E-state index contributed by atoms with van der Waals surface area (Å²) in [6, 6.07) is 12.5. The van der Waals surface area contributed by atoms with Gasteiger partial charge in [-0.25, -0.2) is 9.48 Å². The Kier molecular flexibility index (Phi) is 4.79. The first-order valence-electron chi connectivity index (χ1n) is 8.90. The van der Waals surface area contributed by atoms with E-state index in [0.29, 0.717) is 30.5 Å². The fraction of sp³-hybridized carbons (Fsp3) is 0.263. The molecule has 1 aliphatic heterocycles. The molecule has 2 aromatic carbocycles. The number of anilines is 1. The lowest BCUT2D eigenvalue weighted by atomic mass is 10.1. The number of carbonyl (C=O) groups is 1. The Morgan fingerprint density at radius 3 is 2.75 bits per heavy atom. The van der Waals surface area contributed by atoms with E-state index in [1.54, 1.807) is 11.7 Å². The molecule has 0 spiro atoms. The van der Waals surface area contributed by atoms with Crippen molar-refractivity contribution in [1.82, 2.24) is 25.5 Å². The zero-order valence-electron chi connectivity index (χ0n) is 15.5. The van der Waals surface area contributed by atoms with Crippen molar-refractivity contribution in [2.24, 2.45) is 7.05 Å². The van der Waals surface area contributed by atoms with E-state index < -0.39 is 0 Å². The van der Waals surface area contributed by atoms with Gasteiger partial charge in [-0.15, -0.1) is 5.10 Å². The summed E-state index contributed by atoms with van der Waals surface area (Å²) in [6.45, 7) is 2.98. The molecule has 1 atom stereocenters. The van der Waals surface area contributed by atoms with Gasteiger partial charge in [0.2, 0.25) is 0 Å². The molecule has 2 heterocycles. The van der Waals surface area contributed by atoms with Gasteiger partial charge in [-0.2, -0.15) is 0 Å². The third-order valence-corrected chi connectivity index (χ3v) is 4.41. The van der Waals surface area contributed by atoms with Crippen molar-refractivity contribution in [3.63, 3.8) is 0 Å². The second-order valence-corrected chi connectivity index (χ2v) is 6.43. The van der Waals surface area contributed by atoms with E-state index in [0.717, 1.165) is 16.9 Å². The lowest BCUT2D eigenvalue weighted by Gasteiger charge is -2.21. The first-order valence-corrected chi connectivity index (χ1v) is 8.90. The monoisotopic (exact) mass is 380 g/mol. The minimum Gasteiger partial charge on any atom is -0.486 e. The molecular weight excluding hydrogens is 360 g/mol. The summed E-state index contributed by atoms with van der Waals surface area (Å²) >= 11 is 0. The van der Waals surface area contributed by atoms with Crippen LogP contribution in [-0.2, 0) is 7.05 Å². The minimum atomic E-state index is -0.310. The molecule has 0 bridgehead atoms. The van der Waals surface area contributed by atoms with Crippen LogP contribution in [0.15, 0.2) is 42.5 Å². The lowest BCUT2D eigenvalue weighted by molar-refractivity contribution is 0.171. The first kappa shape index (κ1) is 17.8. The van der Waals surface area contributed by atoms with Crippen LogP contribution >= 0.6 is 0 Å². The Morgan fingerprint density at radius 2 is 1.96 bits per heavy atom. The van der Waals surface area contributed by atoms with E-state index in [2.05, 4.69) is 26.2 Å². The SMILES string of the molecule is CC(NC(=O)Nc1cccc(-c2nnnn2C)c1)c1ccc2c(c1)OCCO2. The Balaban J connectivity index is 1.42. The molecule has 9 heteroatoms. The Morgan fingerprint density at radius 1 is 1.14 bits per heavy atom. The zero-order valence-corrected chi connectivity index (χ0v) is 15.5. The van der Waals surface area contributed by atoms with Gasteiger partial charge in [0.1, 0.15) is 13.2 Å². The molecule has 0 fully saturated rings. The standard InChI is InChI=1S/C19H20N6O3/c1-12(13-6-7-16-17(11-13)28-9-8-27-16)20-19(26)21-15-5-3-4-14(10-15)18-22-23-24-25(18)2/h3-7,10-12H,8-9H2,1-2H3,(H2,20,21,26). The van der Waals surface area contributed by atoms with Crippen molar-refractivity contribution >= 4 is 11.7 Å². The number of nitrogens with one attached hydrogen (secondary N) is 2. The topological polar surface area (TPSA) is 103 Å². The molecular formula is C19H20N6O3. The van der Waals surface area contributed by atoms with E-state index in [1.165, 1.54) is 0 Å². The van der Waals surface area contributed by atoms with Gasteiger partial charge in [0, 0.05) is 18.3 Å². The molecule has 2 N–H and O–H groups in total. The maximum absolute atomic E-state index is 12.4. The molecule has 3 aromatic rings. The van der Waals surface area contributed by atoms with Crippen LogP contribution in [0.5, 0.6) is 11.5 Å². The molecule has 1 aliphatic rings. The number of amides is 2. The molecule has 2 amide bonds. The van der Waals surface area contributed by atoms with Crippen molar-refractivity contribution in [1.29, 1.82) is 0 Å². The van der Waals surface area contributed by atoms with Gasteiger partial charge in [-0.05, 0) is 47.2 Å². The number of urea groups is 1. The average Bonchev–Trinajstić information content (AvgIpc) is 3.13. The number of aromatic nitrogens is 4. The molecule has 0 saturated heterocycles. The van der Waals surface area contributed by atoms with Gasteiger partial charge in [-0.1, -0.05) is 18.2 Å². The molecule has 9 nitrogen and oxygen atoms in total. The van der Waals surface area contributed by atoms with Crippen LogP contribution in [0.25, 0.3) is 11.4 Å². The van der Waals surface area contributed by atoms with E-state index in [1.807, 2.05) is 49.4 Å². The predicted molar refractivity (Wildman–Crippen MR) is 102 cm³/mol. The van der Waals surface area contributed by atoms with Gasteiger partial charge in [0.15, 0.2) is 17.3 Å². The van der Waals surface area contributed by atoms with Crippen molar-refractivity contribution in [3.05, 3.63) is 48.0 Å². The van der Waals surface area contributed by atoms with Crippen LogP contribution in [-0.4, -0.2) is 39.5 Å². The summed E-state index contributed by atoms with van der Waals surface area (Å²) in [5, 5.41) is 17.2. The average molecular weight is 380 g/mol. The van der Waals surface area contributed by atoms with Crippen molar-refractivity contribution in [2.45, 2.75) is 13.0 Å². The van der Waals surface area contributed by atoms with Crippen LogP contribution in [0.3, 0.4) is 0 Å². The third-order valence-electron chi connectivity index (χ3n) is 4.41. The highest BCUT2D eigenvalue weighted by atomic mass is 16.6. The summed E-state index contributed by atoms with van der Waals surface area (Å²) in [5.74, 6) is 2.04. The second-order valence-electron chi connectivity index (χ2n) is 6.43. The number of hydrogen-bond acceptors (Lipinski definition) is 6. The fourth-order valence-electron chi connectivity index (χ4n) is 2.99. The number of fused-ring (bicyclic) bond motifs is 1. The molecule has 0 aliphatic carbocycles. The van der Waals surface area contributed by atoms with Crippen LogP contribution < -0.4 is 20.1 Å². The number of carbonyl (C=O) groups excluding carboxylic acids is 1. The molecule has 1 unspecified atom stereocenters. The van der Waals surface area contributed by atoms with E-state index in [-0.39, 0.29) is 12.1 Å². The zero-order chi connectivity index (χ0) is 19.5. The van der Waals surface area contributed by atoms with E-state index >= 15 is 0 Å². The van der Waals surface area contributed by atoms with Crippen LogP contribution in [0.4, 0.5) is 10.5 Å². The highest BCUT2D eigenvalue weighted by Crippen LogP contribution is 2.32. The summed E-state index contributed by atoms with van der Waals surface area (Å²) in [6.07, 6.45) is 0. The molecule has 144 valence electrons. The number of nitrogens with zero attached hydrogens (tertiary/aromatic N) is 4. The highest BCUT2D eigenvalue weighted by molar-refractivity contribution is 5.90. The van der Waals surface area contributed by atoms with Crippen LogP contribution in [0.1, 0.15) is 18.5 Å². The quantitative estimate of drug-likeness (QED) is 0.721. The van der Waals surface area contributed by atoms with Gasteiger partial charge < -0.3 is 20.1 Å². The van der Waals surface area contributed by atoms with Gasteiger partial charge in [-0.3, -0.25) is 0 Å². The number of rotatable bonds is 4. The van der Waals surface area contributed by atoms with Crippen molar-refractivity contribution < 1.29 is 14.3 Å². The maximum Gasteiger partial charge on any atom is 0.319 e. The predicted octanol–water partition coefficient (Wildman–Crippen LogP) is 2.53. The van der Waals surface area contributed by atoms with Crippen molar-refractivity contribution in [2.75, 3.05) is 18.5 Å². The normalized spacial score (nSPS) is 13.6. The Bertz CT molecular complexity index is 1000. The Hall–Kier alpha value is -3.62. The number of benzene rings is 2. The largest absolute Gasteiger partial charge is 0.486 e. The lowest BCUT2D eigenvalue weighted by Crippen LogP contribution is -2.31. The van der Waals surface area contributed by atoms with Gasteiger partial charge >= 0.3 is 6.03 Å². The summed E-state index contributed by atoms with van der Waals surface area (Å²) in [4.78, 5) is 12.4. The second kappa shape index (κ2) is 7.55. The van der Waals surface area contributed by atoms with Crippen LogP contribution in [0, 0.1) is 0 Å². The molecule has 0 saturated carbocycles. The fourth-order valence-corrected chi connectivity index (χ4v) is 2.99. The Labute approximate surface area is 161 Å². The van der Waals surface area contributed by atoms with Gasteiger partial charge in [0.25, 0.3) is 0 Å². The summed E-state index contributed by atoms with van der Waals surface area (Å²) < 4.78 is 12.7. The number of tetrazole rings is 1. The van der Waals surface area contributed by atoms with E-state index in [9.17, 15) is 4.79 Å². The molecule has 1 aromatic heterocycles. The number of ether oxygens (including phenoxy) is 2. The van der Waals surface area contributed by atoms with Crippen molar-refractivity contribution in [3.8, 4) is 22.9 Å². The van der Waals surface area contributed by atoms with Gasteiger partial charge in [0.05, 0.1) is 6.04 Å². The smallest absolute Gasteiger partial charge is 0.319 e. The number of aryl methyl sites for hydroxylation is 1. The summed E-state index contributed by atoms with van der Waals surface area (Å²) in [5.41, 5.74) is 2.39. The molecule has 4 rings (SSSR count).